The number of aromatic nitrogens is 7. The van der Waals surface area contributed by atoms with Crippen molar-refractivity contribution in [2.75, 3.05) is 11.4 Å². The molecule has 32 heavy (non-hydrogen) atoms. The smallest absolute Gasteiger partial charge is 0.237 e. The molecule has 0 spiro atoms. The summed E-state index contributed by atoms with van der Waals surface area (Å²) in [6.45, 7) is 5.10. The minimum absolute atomic E-state index is 0.196. The highest BCUT2D eigenvalue weighted by molar-refractivity contribution is 6.35. The molecule has 1 fully saturated rings. The van der Waals surface area contributed by atoms with Crippen LogP contribution in [0.3, 0.4) is 0 Å². The Morgan fingerprint density at radius 2 is 1.91 bits per heavy atom. The van der Waals surface area contributed by atoms with Gasteiger partial charge in [0.25, 0.3) is 0 Å². The SMILES string of the molecule is CCC12CCCN1c1nc(-n3ccnc3-c3cc(Cl)cc(Cl)c3)ncc1-n1c(C)nnc12. The summed E-state index contributed by atoms with van der Waals surface area (Å²) in [6.07, 6.45) is 8.46. The van der Waals surface area contributed by atoms with Crippen molar-refractivity contribution in [1.29, 1.82) is 0 Å². The van der Waals surface area contributed by atoms with Gasteiger partial charge < -0.3 is 4.90 Å². The van der Waals surface area contributed by atoms with Gasteiger partial charge in [0.1, 0.15) is 22.9 Å². The predicted molar refractivity (Wildman–Crippen MR) is 123 cm³/mol. The number of fused-ring (bicyclic) bond motifs is 6. The fourth-order valence-corrected chi connectivity index (χ4v) is 5.61. The van der Waals surface area contributed by atoms with Gasteiger partial charge in [0.05, 0.1) is 6.20 Å². The van der Waals surface area contributed by atoms with Crippen LogP contribution in [-0.2, 0) is 5.54 Å². The predicted octanol–water partition coefficient (Wildman–Crippen LogP) is 4.74. The maximum absolute atomic E-state index is 6.23. The van der Waals surface area contributed by atoms with Crippen LogP contribution in [0.1, 0.15) is 37.8 Å². The van der Waals surface area contributed by atoms with Gasteiger partial charge in [-0.15, -0.1) is 10.2 Å². The van der Waals surface area contributed by atoms with Crippen LogP contribution >= 0.6 is 23.2 Å². The Kier molecular flexibility index (Phi) is 4.32. The Hall–Kier alpha value is -2.97. The standard InChI is InChI=1S/C22H20Cl2N8/c1-3-22-5-4-7-31(22)19-17(32-13(2)28-29-20(22)32)12-26-21(27-19)30-8-6-25-18(30)14-9-15(23)11-16(24)10-14/h6,8-12H,3-5,7H2,1-2H3. The first-order valence-electron chi connectivity index (χ1n) is 10.6. The fourth-order valence-electron chi connectivity index (χ4n) is 5.09. The van der Waals surface area contributed by atoms with Crippen LogP contribution in [0, 0.1) is 6.92 Å². The van der Waals surface area contributed by atoms with Gasteiger partial charge in [0.15, 0.2) is 11.6 Å². The molecule has 162 valence electrons. The quantitative estimate of drug-likeness (QED) is 0.433. The number of aryl methyl sites for hydroxylation is 1. The van der Waals surface area contributed by atoms with E-state index in [9.17, 15) is 0 Å². The molecular formula is C22H20Cl2N8. The van der Waals surface area contributed by atoms with Gasteiger partial charge in [-0.3, -0.25) is 9.13 Å². The average Bonchev–Trinajstić information content (AvgIpc) is 3.51. The zero-order chi connectivity index (χ0) is 22.0. The van der Waals surface area contributed by atoms with Crippen LogP contribution in [0.5, 0.6) is 0 Å². The molecule has 1 saturated heterocycles. The number of rotatable bonds is 3. The van der Waals surface area contributed by atoms with Gasteiger partial charge in [-0.25, -0.2) is 9.97 Å². The lowest BCUT2D eigenvalue weighted by molar-refractivity contribution is 0.381. The van der Waals surface area contributed by atoms with E-state index in [0.29, 0.717) is 21.8 Å². The van der Waals surface area contributed by atoms with E-state index in [0.717, 1.165) is 54.5 Å². The molecule has 1 unspecified atom stereocenters. The van der Waals surface area contributed by atoms with Crippen molar-refractivity contribution in [2.45, 2.75) is 38.6 Å². The van der Waals surface area contributed by atoms with Gasteiger partial charge in [0.2, 0.25) is 5.95 Å². The van der Waals surface area contributed by atoms with E-state index in [2.05, 4.69) is 31.6 Å². The summed E-state index contributed by atoms with van der Waals surface area (Å²) < 4.78 is 3.97. The van der Waals surface area contributed by atoms with E-state index in [1.807, 2.05) is 36.0 Å². The van der Waals surface area contributed by atoms with Crippen LogP contribution in [-0.4, -0.2) is 40.8 Å². The average molecular weight is 467 g/mol. The van der Waals surface area contributed by atoms with Gasteiger partial charge in [0, 0.05) is 34.5 Å². The van der Waals surface area contributed by atoms with Crippen LogP contribution in [0.15, 0.2) is 36.8 Å². The second-order valence-electron chi connectivity index (χ2n) is 8.20. The van der Waals surface area contributed by atoms with Crippen molar-refractivity contribution in [1.82, 2.24) is 34.3 Å². The number of hydrogen-bond acceptors (Lipinski definition) is 6. The highest BCUT2D eigenvalue weighted by Gasteiger charge is 2.50. The maximum atomic E-state index is 6.23. The van der Waals surface area contributed by atoms with Crippen molar-refractivity contribution in [3.63, 3.8) is 0 Å². The molecule has 0 radical (unpaired) electrons. The number of hydrogen-bond donors (Lipinski definition) is 0. The third-order valence-corrected chi connectivity index (χ3v) is 6.96. The molecule has 3 aromatic heterocycles. The van der Waals surface area contributed by atoms with Gasteiger partial charge >= 0.3 is 0 Å². The Morgan fingerprint density at radius 1 is 1.09 bits per heavy atom. The van der Waals surface area contributed by atoms with Crippen molar-refractivity contribution < 1.29 is 0 Å². The van der Waals surface area contributed by atoms with Crippen molar-refractivity contribution in [3.8, 4) is 23.0 Å². The maximum Gasteiger partial charge on any atom is 0.237 e. The van der Waals surface area contributed by atoms with E-state index < -0.39 is 0 Å². The highest BCUT2D eigenvalue weighted by atomic mass is 35.5. The van der Waals surface area contributed by atoms with E-state index >= 15 is 0 Å². The number of imidazole rings is 1. The molecular weight excluding hydrogens is 447 g/mol. The summed E-state index contributed by atoms with van der Waals surface area (Å²) in [4.78, 5) is 16.6. The number of halogens is 2. The molecule has 1 atom stereocenters. The van der Waals surface area contributed by atoms with Crippen LogP contribution in [0.25, 0.3) is 23.0 Å². The number of nitrogens with zero attached hydrogens (tertiary/aromatic N) is 8. The molecule has 0 saturated carbocycles. The summed E-state index contributed by atoms with van der Waals surface area (Å²) in [6, 6.07) is 5.37. The zero-order valence-electron chi connectivity index (χ0n) is 17.6. The van der Waals surface area contributed by atoms with E-state index in [1.54, 1.807) is 12.3 Å². The molecule has 8 nitrogen and oxygen atoms in total. The van der Waals surface area contributed by atoms with Crippen LogP contribution in [0.2, 0.25) is 10.0 Å². The molecule has 6 rings (SSSR count). The fraction of sp³-hybridized carbons (Fsp3) is 0.318. The minimum atomic E-state index is -0.196. The lowest BCUT2D eigenvalue weighted by atomic mass is 9.90. The monoisotopic (exact) mass is 466 g/mol. The first-order chi connectivity index (χ1) is 15.5. The number of anilines is 1. The number of benzene rings is 1. The third kappa shape index (κ3) is 2.66. The first-order valence-corrected chi connectivity index (χ1v) is 11.3. The molecule has 4 aromatic rings. The lowest BCUT2D eigenvalue weighted by Crippen LogP contribution is -2.47. The molecule has 0 aliphatic carbocycles. The lowest BCUT2D eigenvalue weighted by Gasteiger charge is -2.42. The van der Waals surface area contributed by atoms with Gasteiger partial charge in [-0.1, -0.05) is 30.1 Å². The van der Waals surface area contributed by atoms with Gasteiger partial charge in [-0.05, 0) is 44.4 Å². The molecule has 0 amide bonds. The molecule has 0 bridgehead atoms. The third-order valence-electron chi connectivity index (χ3n) is 6.53. The van der Waals surface area contributed by atoms with E-state index in [4.69, 9.17) is 33.2 Å². The van der Waals surface area contributed by atoms with E-state index in [1.165, 1.54) is 0 Å². The Bertz CT molecular complexity index is 1340. The molecule has 2 aliphatic rings. The Morgan fingerprint density at radius 3 is 2.69 bits per heavy atom. The minimum Gasteiger partial charge on any atom is -0.342 e. The van der Waals surface area contributed by atoms with E-state index in [-0.39, 0.29) is 5.54 Å². The molecule has 2 aliphatic heterocycles. The van der Waals surface area contributed by atoms with Crippen molar-refractivity contribution in [2.24, 2.45) is 0 Å². The molecule has 1 aromatic carbocycles. The van der Waals surface area contributed by atoms with Crippen molar-refractivity contribution in [3.05, 3.63) is 58.5 Å². The summed E-state index contributed by atoms with van der Waals surface area (Å²) in [5, 5.41) is 10.0. The zero-order valence-corrected chi connectivity index (χ0v) is 19.1. The molecule has 10 heteroatoms. The Labute approximate surface area is 194 Å². The normalized spacial score (nSPS) is 19.1. The van der Waals surface area contributed by atoms with Crippen molar-refractivity contribution >= 4 is 29.0 Å². The van der Waals surface area contributed by atoms with Gasteiger partial charge in [-0.2, -0.15) is 4.98 Å². The second-order valence-corrected chi connectivity index (χ2v) is 9.08. The summed E-state index contributed by atoms with van der Waals surface area (Å²) >= 11 is 12.5. The Balaban J connectivity index is 1.54. The highest BCUT2D eigenvalue weighted by Crippen LogP contribution is 2.49. The first kappa shape index (κ1) is 19.7. The van der Waals surface area contributed by atoms with Crippen LogP contribution in [0.4, 0.5) is 5.82 Å². The largest absolute Gasteiger partial charge is 0.342 e. The topological polar surface area (TPSA) is 77.5 Å². The summed E-state index contributed by atoms with van der Waals surface area (Å²) in [7, 11) is 0. The molecule has 0 N–H and O–H groups in total. The summed E-state index contributed by atoms with van der Waals surface area (Å²) in [5.74, 6) is 3.94. The van der Waals surface area contributed by atoms with Crippen LogP contribution < -0.4 is 4.90 Å². The summed E-state index contributed by atoms with van der Waals surface area (Å²) in [5.41, 5.74) is 1.51. The second kappa shape index (κ2) is 7.02. The molecule has 5 heterocycles.